The van der Waals surface area contributed by atoms with Crippen molar-refractivity contribution >= 4 is 11.7 Å². The summed E-state index contributed by atoms with van der Waals surface area (Å²) < 4.78 is 5.48. The van der Waals surface area contributed by atoms with Crippen LogP contribution in [0.3, 0.4) is 0 Å². The van der Waals surface area contributed by atoms with Crippen LogP contribution in [0.5, 0.6) is 5.75 Å². The van der Waals surface area contributed by atoms with E-state index < -0.39 is 11.7 Å². The number of carbonyl (C=O) groups is 2. The van der Waals surface area contributed by atoms with E-state index >= 15 is 0 Å². The first-order valence-electron chi connectivity index (χ1n) is 6.44. The molecule has 1 amide bonds. The molecule has 0 radical (unpaired) electrons. The Balaban J connectivity index is 2.61. The number of hydrogen-bond donors (Lipinski definition) is 0. The van der Waals surface area contributed by atoms with Crippen LogP contribution in [0.1, 0.15) is 25.0 Å². The van der Waals surface area contributed by atoms with Crippen LogP contribution in [0.15, 0.2) is 18.2 Å². The van der Waals surface area contributed by atoms with Crippen LogP contribution in [0.4, 0.5) is 0 Å². The zero-order chi connectivity index (χ0) is 14.4. The van der Waals surface area contributed by atoms with Crippen molar-refractivity contribution < 1.29 is 14.3 Å². The Morgan fingerprint density at radius 2 is 2.00 bits per heavy atom. The number of aryl methyl sites for hydroxylation is 1. The Morgan fingerprint density at radius 1 is 1.32 bits per heavy atom. The van der Waals surface area contributed by atoms with E-state index in [1.807, 2.05) is 26.0 Å². The number of rotatable bonds is 6. The van der Waals surface area contributed by atoms with Gasteiger partial charge in [-0.15, -0.1) is 0 Å². The lowest BCUT2D eigenvalue weighted by atomic mass is 10.1. The molecule has 0 N–H and O–H groups in total. The Labute approximate surface area is 114 Å². The quantitative estimate of drug-likeness (QED) is 0.737. The molecule has 0 unspecified atom stereocenters. The first kappa shape index (κ1) is 15.2. The summed E-state index contributed by atoms with van der Waals surface area (Å²) in [5.74, 6) is 0.0208. The molecule has 0 fully saturated rings. The van der Waals surface area contributed by atoms with E-state index in [2.05, 4.69) is 6.07 Å². The third kappa shape index (κ3) is 4.39. The van der Waals surface area contributed by atoms with Gasteiger partial charge in [-0.3, -0.25) is 9.59 Å². The number of likely N-dealkylation sites (N-methyl/N-ethyl adjacent to an activating group) is 1. The lowest BCUT2D eigenvalue weighted by Gasteiger charge is -2.16. The molecule has 104 valence electrons. The summed E-state index contributed by atoms with van der Waals surface area (Å²) in [5, 5.41) is 0. The van der Waals surface area contributed by atoms with Gasteiger partial charge in [-0.25, -0.2) is 0 Å². The molecule has 0 saturated carbocycles. The van der Waals surface area contributed by atoms with Crippen LogP contribution in [0, 0.1) is 6.92 Å². The molecule has 0 heterocycles. The number of hydrogen-bond acceptors (Lipinski definition) is 3. The van der Waals surface area contributed by atoms with Crippen molar-refractivity contribution in [2.75, 3.05) is 20.2 Å². The van der Waals surface area contributed by atoms with Gasteiger partial charge in [0.1, 0.15) is 5.75 Å². The van der Waals surface area contributed by atoms with Gasteiger partial charge in [0.25, 0.3) is 5.91 Å². The van der Waals surface area contributed by atoms with Crippen LogP contribution >= 0.6 is 0 Å². The molecule has 19 heavy (non-hydrogen) atoms. The number of nitrogens with zero attached hydrogens (tertiary/aromatic N) is 1. The molecule has 0 aliphatic carbocycles. The van der Waals surface area contributed by atoms with Crippen molar-refractivity contribution in [3.05, 3.63) is 29.3 Å². The fourth-order valence-corrected chi connectivity index (χ4v) is 1.85. The zero-order valence-electron chi connectivity index (χ0n) is 12.0. The average molecular weight is 263 g/mol. The molecule has 0 atom stereocenters. The smallest absolute Gasteiger partial charge is 0.289 e. The molecule has 0 aromatic heterocycles. The molecule has 0 spiro atoms. The highest BCUT2D eigenvalue weighted by atomic mass is 16.5. The second kappa shape index (κ2) is 6.92. The Hall–Kier alpha value is -1.84. The van der Waals surface area contributed by atoms with Crippen LogP contribution in [0.2, 0.25) is 0 Å². The number of amides is 1. The van der Waals surface area contributed by atoms with Crippen molar-refractivity contribution in [1.82, 2.24) is 4.90 Å². The zero-order valence-corrected chi connectivity index (χ0v) is 12.0. The van der Waals surface area contributed by atoms with E-state index in [1.165, 1.54) is 11.8 Å². The summed E-state index contributed by atoms with van der Waals surface area (Å²) in [6, 6.07) is 5.99. The first-order chi connectivity index (χ1) is 8.95. The number of Topliss-reactive ketones (excluding diaryl/α,β-unsaturated/α-hetero) is 1. The summed E-state index contributed by atoms with van der Waals surface area (Å²) in [4.78, 5) is 23.8. The molecule has 0 aliphatic heterocycles. The van der Waals surface area contributed by atoms with E-state index in [4.69, 9.17) is 4.74 Å². The predicted octanol–water partition coefficient (Wildman–Crippen LogP) is 1.98. The minimum absolute atomic E-state index is 0.426. The van der Waals surface area contributed by atoms with Crippen molar-refractivity contribution in [3.63, 3.8) is 0 Å². The summed E-state index contributed by atoms with van der Waals surface area (Å²) >= 11 is 0. The van der Waals surface area contributed by atoms with Crippen molar-refractivity contribution in [3.8, 4) is 5.75 Å². The Bertz CT molecular complexity index is 468. The van der Waals surface area contributed by atoms with Crippen LogP contribution in [0.25, 0.3) is 0 Å². The number of carbonyl (C=O) groups excluding carboxylic acids is 2. The molecule has 4 nitrogen and oxygen atoms in total. The van der Waals surface area contributed by atoms with Gasteiger partial charge in [0.2, 0.25) is 5.78 Å². The van der Waals surface area contributed by atoms with E-state index in [-0.39, 0.29) is 0 Å². The second-order valence-electron chi connectivity index (χ2n) is 4.57. The highest BCUT2D eigenvalue weighted by Crippen LogP contribution is 2.19. The monoisotopic (exact) mass is 263 g/mol. The van der Waals surface area contributed by atoms with Gasteiger partial charge in [0.05, 0.1) is 6.61 Å². The lowest BCUT2D eigenvalue weighted by Crippen LogP contribution is -2.33. The van der Waals surface area contributed by atoms with Gasteiger partial charge in [0, 0.05) is 20.5 Å². The van der Waals surface area contributed by atoms with Gasteiger partial charge >= 0.3 is 0 Å². The molecular formula is C15H21NO3. The van der Waals surface area contributed by atoms with Gasteiger partial charge in [-0.1, -0.05) is 12.1 Å². The summed E-state index contributed by atoms with van der Waals surface area (Å²) in [5.41, 5.74) is 2.21. The van der Waals surface area contributed by atoms with Crippen LogP contribution in [-0.2, 0) is 16.0 Å². The van der Waals surface area contributed by atoms with Crippen molar-refractivity contribution in [1.29, 1.82) is 0 Å². The maximum absolute atomic E-state index is 11.4. The highest BCUT2D eigenvalue weighted by Gasteiger charge is 2.13. The fourth-order valence-electron chi connectivity index (χ4n) is 1.85. The standard InChI is InChI=1S/C15H21NO3/c1-5-19-14-7-6-13(10-11(14)2)8-9-16(4)15(18)12(3)17/h6-7,10H,5,8-9H2,1-4H3. The topological polar surface area (TPSA) is 46.6 Å². The van der Waals surface area contributed by atoms with E-state index in [9.17, 15) is 9.59 Å². The second-order valence-corrected chi connectivity index (χ2v) is 4.57. The van der Waals surface area contributed by atoms with Crippen LogP contribution in [-0.4, -0.2) is 36.8 Å². The fraction of sp³-hybridized carbons (Fsp3) is 0.467. The maximum Gasteiger partial charge on any atom is 0.289 e. The molecule has 0 aliphatic rings. The normalized spacial score (nSPS) is 10.1. The van der Waals surface area contributed by atoms with Crippen molar-refractivity contribution in [2.24, 2.45) is 0 Å². The average Bonchev–Trinajstić information content (AvgIpc) is 2.38. The summed E-state index contributed by atoms with van der Waals surface area (Å²) in [6.45, 7) is 6.43. The minimum Gasteiger partial charge on any atom is -0.494 e. The third-order valence-electron chi connectivity index (χ3n) is 2.92. The van der Waals surface area contributed by atoms with Crippen LogP contribution < -0.4 is 4.74 Å². The molecule has 4 heteroatoms. The first-order valence-corrected chi connectivity index (χ1v) is 6.44. The molecule has 1 rings (SSSR count). The Kier molecular flexibility index (Phi) is 5.55. The minimum atomic E-state index is -0.442. The Morgan fingerprint density at radius 3 is 2.53 bits per heavy atom. The van der Waals surface area contributed by atoms with Crippen molar-refractivity contribution in [2.45, 2.75) is 27.2 Å². The van der Waals surface area contributed by atoms with Gasteiger partial charge in [-0.2, -0.15) is 0 Å². The lowest BCUT2D eigenvalue weighted by molar-refractivity contribution is -0.142. The van der Waals surface area contributed by atoms with Gasteiger partial charge in [0.15, 0.2) is 0 Å². The van der Waals surface area contributed by atoms with E-state index in [1.54, 1.807) is 7.05 Å². The molecule has 1 aromatic carbocycles. The van der Waals surface area contributed by atoms with E-state index in [0.29, 0.717) is 13.2 Å². The predicted molar refractivity (Wildman–Crippen MR) is 74.4 cm³/mol. The largest absolute Gasteiger partial charge is 0.494 e. The third-order valence-corrected chi connectivity index (χ3v) is 2.92. The summed E-state index contributed by atoms with van der Waals surface area (Å²) in [6.07, 6.45) is 0.725. The number of benzene rings is 1. The number of ketones is 1. The molecule has 0 saturated heterocycles. The van der Waals surface area contributed by atoms with Gasteiger partial charge in [-0.05, 0) is 37.5 Å². The molecule has 1 aromatic rings. The van der Waals surface area contributed by atoms with E-state index in [0.717, 1.165) is 23.3 Å². The number of ether oxygens (including phenoxy) is 1. The molecular weight excluding hydrogens is 242 g/mol. The van der Waals surface area contributed by atoms with Gasteiger partial charge < -0.3 is 9.64 Å². The maximum atomic E-state index is 11.4. The SMILES string of the molecule is CCOc1ccc(CCN(C)C(=O)C(C)=O)cc1C. The molecule has 0 bridgehead atoms. The highest BCUT2D eigenvalue weighted by molar-refractivity contribution is 6.34. The summed E-state index contributed by atoms with van der Waals surface area (Å²) in [7, 11) is 1.64.